The van der Waals surface area contributed by atoms with E-state index < -0.39 is 18.2 Å². The van der Waals surface area contributed by atoms with Gasteiger partial charge in [0, 0.05) is 19.1 Å². The number of benzene rings is 1. The average molecular weight is 444 g/mol. The van der Waals surface area contributed by atoms with Gasteiger partial charge in [0.1, 0.15) is 16.9 Å². The second-order valence-electron chi connectivity index (χ2n) is 8.53. The van der Waals surface area contributed by atoms with E-state index >= 15 is 0 Å². The molecule has 8 nitrogen and oxygen atoms in total. The second kappa shape index (κ2) is 9.04. The van der Waals surface area contributed by atoms with Gasteiger partial charge in [-0.3, -0.25) is 0 Å². The minimum atomic E-state index is -0.997. The van der Waals surface area contributed by atoms with Crippen LogP contribution in [0.1, 0.15) is 26.0 Å². The maximum Gasteiger partial charge on any atom is 0.224 e. The van der Waals surface area contributed by atoms with E-state index in [1.807, 2.05) is 31.2 Å². The van der Waals surface area contributed by atoms with Crippen molar-refractivity contribution in [3.63, 3.8) is 0 Å². The van der Waals surface area contributed by atoms with Crippen LogP contribution in [0.3, 0.4) is 0 Å². The van der Waals surface area contributed by atoms with Gasteiger partial charge in [0.15, 0.2) is 0 Å². The maximum absolute atomic E-state index is 10.5. The molecule has 1 fully saturated rings. The fourth-order valence-electron chi connectivity index (χ4n) is 3.91. The molecule has 0 radical (unpaired) electrons. The Labute approximate surface area is 185 Å². The van der Waals surface area contributed by atoms with E-state index in [-0.39, 0.29) is 12.5 Å². The number of aliphatic hydroxyl groups excluding tert-OH is 3. The number of nitrogens with one attached hydrogen (secondary N) is 2. The molecule has 0 saturated heterocycles. The van der Waals surface area contributed by atoms with Crippen molar-refractivity contribution in [1.82, 2.24) is 15.0 Å². The van der Waals surface area contributed by atoms with Crippen LogP contribution >= 0.6 is 11.3 Å². The van der Waals surface area contributed by atoms with Crippen LogP contribution in [0.4, 0.5) is 11.8 Å². The topological polar surface area (TPSA) is 123 Å². The molecule has 31 heavy (non-hydrogen) atoms. The molecule has 9 heteroatoms. The summed E-state index contributed by atoms with van der Waals surface area (Å²) >= 11 is 1.56. The summed E-state index contributed by atoms with van der Waals surface area (Å²) in [6.45, 7) is 6.70. The predicted octanol–water partition coefficient (Wildman–Crippen LogP) is 2.64. The van der Waals surface area contributed by atoms with Gasteiger partial charge in [-0.15, -0.1) is 11.3 Å². The third kappa shape index (κ3) is 4.50. The average Bonchev–Trinajstić information content (AvgIpc) is 3.28. The molecular weight excluding hydrogens is 414 g/mol. The largest absolute Gasteiger partial charge is 0.396 e. The van der Waals surface area contributed by atoms with Gasteiger partial charge in [-0.25, -0.2) is 9.97 Å². The van der Waals surface area contributed by atoms with Gasteiger partial charge in [-0.05, 0) is 31.4 Å². The minimum Gasteiger partial charge on any atom is -0.396 e. The summed E-state index contributed by atoms with van der Waals surface area (Å²) in [6, 6.07) is 7.50. The molecule has 3 aromatic rings. The van der Waals surface area contributed by atoms with Crippen LogP contribution in [0.15, 0.2) is 24.3 Å². The summed E-state index contributed by atoms with van der Waals surface area (Å²) < 4.78 is 1.07. The molecule has 1 aromatic carbocycles. The summed E-state index contributed by atoms with van der Waals surface area (Å²) in [5.74, 6) is 1.12. The van der Waals surface area contributed by atoms with E-state index in [2.05, 4.69) is 29.5 Å². The first-order chi connectivity index (χ1) is 14.9. The first kappa shape index (κ1) is 21.9. The van der Waals surface area contributed by atoms with Crippen LogP contribution in [0, 0.1) is 18.8 Å². The number of thiazole rings is 1. The number of aromatic nitrogens is 3. The molecule has 0 spiro atoms. The molecule has 4 atom stereocenters. The Hall–Kier alpha value is -2.33. The molecule has 1 saturated carbocycles. The highest BCUT2D eigenvalue weighted by atomic mass is 32.1. The van der Waals surface area contributed by atoms with Gasteiger partial charge in [-0.2, -0.15) is 4.98 Å². The molecule has 2 aromatic heterocycles. The molecule has 4 rings (SSSR count). The number of para-hydroxylation sites is 1. The number of anilines is 2. The van der Waals surface area contributed by atoms with Crippen molar-refractivity contribution in [3.8, 4) is 10.6 Å². The Morgan fingerprint density at radius 2 is 1.90 bits per heavy atom. The zero-order valence-corrected chi connectivity index (χ0v) is 18.7. The highest BCUT2D eigenvalue weighted by molar-refractivity contribution is 7.21. The van der Waals surface area contributed by atoms with Crippen molar-refractivity contribution in [2.24, 2.45) is 11.8 Å². The van der Waals surface area contributed by atoms with Crippen LogP contribution in [-0.4, -0.2) is 61.7 Å². The normalized spacial score (nSPS) is 23.6. The molecule has 1 aliphatic rings. The van der Waals surface area contributed by atoms with Crippen LogP contribution in [0.5, 0.6) is 0 Å². The Balaban J connectivity index is 1.74. The summed E-state index contributed by atoms with van der Waals surface area (Å²) in [4.78, 5) is 14.1. The molecule has 166 valence electrons. The standard InChI is InChI=1S/C22H29N5O3S/c1-11(2)9-23-22-24-12(3)17(21-26-14-6-4-5-7-16(14)31-21)20(27-22)25-15-8-13(10-28)18(29)19(15)30/h4-7,11,13,15,18-19,28-30H,8-10H2,1-3H3,(H2,23,24,25,27)/t13-,15-,18-,19+/m1/s1. The van der Waals surface area contributed by atoms with Crippen molar-refractivity contribution < 1.29 is 15.3 Å². The lowest BCUT2D eigenvalue weighted by Crippen LogP contribution is -2.35. The van der Waals surface area contributed by atoms with Gasteiger partial charge in [-0.1, -0.05) is 26.0 Å². The smallest absolute Gasteiger partial charge is 0.224 e. The zero-order valence-electron chi connectivity index (χ0n) is 17.9. The summed E-state index contributed by atoms with van der Waals surface area (Å²) in [5, 5.41) is 37.6. The molecular formula is C22H29N5O3S. The van der Waals surface area contributed by atoms with Crippen molar-refractivity contribution in [2.45, 2.75) is 45.4 Å². The molecule has 0 unspecified atom stereocenters. The van der Waals surface area contributed by atoms with Crippen LogP contribution < -0.4 is 10.6 Å². The first-order valence-corrected chi connectivity index (χ1v) is 11.4. The number of hydrogen-bond acceptors (Lipinski definition) is 9. The fourth-order valence-corrected chi connectivity index (χ4v) is 4.97. The maximum atomic E-state index is 10.5. The lowest BCUT2D eigenvalue weighted by molar-refractivity contribution is 0.00446. The van der Waals surface area contributed by atoms with E-state index in [1.165, 1.54) is 0 Å². The third-order valence-corrected chi connectivity index (χ3v) is 6.68. The third-order valence-electron chi connectivity index (χ3n) is 5.62. The van der Waals surface area contributed by atoms with Crippen molar-refractivity contribution >= 4 is 33.3 Å². The van der Waals surface area contributed by atoms with E-state index in [4.69, 9.17) is 9.97 Å². The van der Waals surface area contributed by atoms with Gasteiger partial charge in [0.2, 0.25) is 5.95 Å². The molecule has 1 aliphatic carbocycles. The second-order valence-corrected chi connectivity index (χ2v) is 9.56. The predicted molar refractivity (Wildman–Crippen MR) is 123 cm³/mol. The minimum absolute atomic E-state index is 0.175. The fraction of sp³-hybridized carbons (Fsp3) is 0.500. The lowest BCUT2D eigenvalue weighted by atomic mass is 10.1. The lowest BCUT2D eigenvalue weighted by Gasteiger charge is -2.21. The number of nitrogens with zero attached hydrogens (tertiary/aromatic N) is 3. The van der Waals surface area contributed by atoms with E-state index in [9.17, 15) is 15.3 Å². The van der Waals surface area contributed by atoms with E-state index in [0.29, 0.717) is 24.1 Å². The van der Waals surface area contributed by atoms with Crippen molar-refractivity contribution in [2.75, 3.05) is 23.8 Å². The Morgan fingerprint density at radius 1 is 1.13 bits per heavy atom. The van der Waals surface area contributed by atoms with Gasteiger partial charge in [0.05, 0.1) is 33.6 Å². The quantitative estimate of drug-likeness (QED) is 0.378. The number of aryl methyl sites for hydroxylation is 1. The monoisotopic (exact) mass is 443 g/mol. The van der Waals surface area contributed by atoms with Gasteiger partial charge in [0.25, 0.3) is 0 Å². The molecule has 2 heterocycles. The Bertz CT molecular complexity index is 1020. The van der Waals surface area contributed by atoms with Gasteiger partial charge < -0.3 is 26.0 Å². The first-order valence-electron chi connectivity index (χ1n) is 10.6. The van der Waals surface area contributed by atoms with Crippen LogP contribution in [-0.2, 0) is 0 Å². The van der Waals surface area contributed by atoms with Crippen LogP contribution in [0.2, 0.25) is 0 Å². The van der Waals surface area contributed by atoms with Crippen molar-refractivity contribution in [3.05, 3.63) is 30.0 Å². The Kier molecular flexibility index (Phi) is 6.38. The molecule has 5 N–H and O–H groups in total. The SMILES string of the molecule is Cc1nc(NCC(C)C)nc(N[C@@H]2C[C@H](CO)[C@@H](O)[C@H]2O)c1-c1nc2ccccc2s1. The molecule has 0 aliphatic heterocycles. The zero-order chi connectivity index (χ0) is 22.1. The number of aliphatic hydroxyl groups is 3. The van der Waals surface area contributed by atoms with Crippen LogP contribution in [0.25, 0.3) is 20.8 Å². The highest BCUT2D eigenvalue weighted by Gasteiger charge is 2.41. The molecule has 0 amide bonds. The summed E-state index contributed by atoms with van der Waals surface area (Å²) in [6.07, 6.45) is -1.53. The highest BCUT2D eigenvalue weighted by Crippen LogP contribution is 2.38. The number of hydrogen-bond donors (Lipinski definition) is 5. The van der Waals surface area contributed by atoms with Gasteiger partial charge >= 0.3 is 0 Å². The summed E-state index contributed by atoms with van der Waals surface area (Å²) in [5.41, 5.74) is 2.46. The number of rotatable bonds is 7. The number of fused-ring (bicyclic) bond motifs is 1. The molecule has 0 bridgehead atoms. The van der Waals surface area contributed by atoms with E-state index in [0.717, 1.165) is 33.0 Å². The van der Waals surface area contributed by atoms with Crippen molar-refractivity contribution in [1.29, 1.82) is 0 Å². The van der Waals surface area contributed by atoms with E-state index in [1.54, 1.807) is 11.3 Å². The Morgan fingerprint density at radius 3 is 2.58 bits per heavy atom. The summed E-state index contributed by atoms with van der Waals surface area (Å²) in [7, 11) is 0.